The summed E-state index contributed by atoms with van der Waals surface area (Å²) in [4.78, 5) is 2.73. The van der Waals surface area contributed by atoms with E-state index in [0.29, 0.717) is 44.4 Å². The zero-order chi connectivity index (χ0) is 21.7. The Morgan fingerprint density at radius 2 is 1.33 bits per heavy atom. The van der Waals surface area contributed by atoms with E-state index in [0.717, 1.165) is 25.2 Å². The van der Waals surface area contributed by atoms with Gasteiger partial charge in [-0.2, -0.15) is 4.31 Å². The van der Waals surface area contributed by atoms with Gasteiger partial charge in [-0.25, -0.2) is 8.42 Å². The highest BCUT2D eigenvalue weighted by molar-refractivity contribution is 7.89. The summed E-state index contributed by atoms with van der Waals surface area (Å²) in [7, 11) is -3.54. The van der Waals surface area contributed by atoms with Crippen molar-refractivity contribution in [1.82, 2.24) is 9.21 Å². The van der Waals surface area contributed by atoms with Crippen LogP contribution in [0.3, 0.4) is 0 Å². The molecule has 0 spiro atoms. The molecule has 1 saturated heterocycles. The molecule has 7 heteroatoms. The predicted octanol–water partition coefficient (Wildman–Crippen LogP) is 3.70. The third-order valence-corrected chi connectivity index (χ3v) is 7.47. The van der Waals surface area contributed by atoms with E-state index >= 15 is 0 Å². The van der Waals surface area contributed by atoms with Gasteiger partial charge in [-0.05, 0) is 32.0 Å². The van der Waals surface area contributed by atoms with Gasteiger partial charge in [-0.15, -0.1) is 0 Å². The van der Waals surface area contributed by atoms with Crippen LogP contribution in [0.2, 0.25) is 0 Å². The third kappa shape index (κ3) is 9.02. The lowest BCUT2D eigenvalue weighted by Crippen LogP contribution is -2.39. The minimum Gasteiger partial charge on any atom is -0.379 e. The van der Waals surface area contributed by atoms with Crippen LogP contribution in [0, 0.1) is 6.92 Å². The fourth-order valence-electron chi connectivity index (χ4n) is 3.59. The van der Waals surface area contributed by atoms with Crippen LogP contribution in [0.15, 0.2) is 29.2 Å². The summed E-state index contributed by atoms with van der Waals surface area (Å²) in [5, 5.41) is 0. The standard InChI is InChI=1S/C23H40N2O4S/c1-3-4-5-6-7-8-13-24-14-18-28-20-16-25(17-21-29-19-15-24)30(26,27)23-11-9-22(2)10-12-23/h9-12H,3-8,13-21H2,1-2H3. The van der Waals surface area contributed by atoms with Gasteiger partial charge in [0.05, 0.1) is 31.3 Å². The van der Waals surface area contributed by atoms with Crippen molar-refractivity contribution in [2.45, 2.75) is 57.3 Å². The van der Waals surface area contributed by atoms with E-state index in [9.17, 15) is 8.42 Å². The van der Waals surface area contributed by atoms with Gasteiger partial charge < -0.3 is 9.47 Å². The molecule has 172 valence electrons. The largest absolute Gasteiger partial charge is 0.379 e. The van der Waals surface area contributed by atoms with Crippen molar-refractivity contribution in [3.8, 4) is 0 Å². The predicted molar refractivity (Wildman–Crippen MR) is 121 cm³/mol. The normalized spacial score (nSPS) is 18.6. The molecule has 0 atom stereocenters. The first-order chi connectivity index (χ1) is 14.5. The Labute approximate surface area is 183 Å². The maximum Gasteiger partial charge on any atom is 0.243 e. The molecular weight excluding hydrogens is 400 g/mol. The molecule has 1 aliphatic heterocycles. The van der Waals surface area contributed by atoms with E-state index in [2.05, 4.69) is 11.8 Å². The molecular formula is C23H40N2O4S. The first-order valence-electron chi connectivity index (χ1n) is 11.5. The van der Waals surface area contributed by atoms with E-state index < -0.39 is 10.0 Å². The van der Waals surface area contributed by atoms with Crippen LogP contribution in [0.5, 0.6) is 0 Å². The fourth-order valence-corrected chi connectivity index (χ4v) is 4.99. The minimum absolute atomic E-state index is 0.324. The lowest BCUT2D eigenvalue weighted by Gasteiger charge is -2.26. The van der Waals surface area contributed by atoms with Gasteiger partial charge >= 0.3 is 0 Å². The molecule has 30 heavy (non-hydrogen) atoms. The monoisotopic (exact) mass is 440 g/mol. The zero-order valence-corrected chi connectivity index (χ0v) is 19.7. The van der Waals surface area contributed by atoms with E-state index in [-0.39, 0.29) is 0 Å². The SMILES string of the molecule is CCCCCCCCN1CCOCCN(S(=O)(=O)c2ccc(C)cc2)CCOCC1. The summed E-state index contributed by atoms with van der Waals surface area (Å²) in [5.74, 6) is 0. The van der Waals surface area contributed by atoms with Gasteiger partial charge in [-0.1, -0.05) is 56.7 Å². The number of hydrogen-bond acceptors (Lipinski definition) is 5. The Bertz CT molecular complexity index is 665. The second-order valence-corrected chi connectivity index (χ2v) is 9.99. The van der Waals surface area contributed by atoms with Crippen LogP contribution in [-0.2, 0) is 19.5 Å². The second kappa shape index (κ2) is 14.1. The zero-order valence-electron chi connectivity index (χ0n) is 18.9. The van der Waals surface area contributed by atoms with E-state index in [1.54, 1.807) is 12.1 Å². The van der Waals surface area contributed by atoms with Gasteiger partial charge in [0.1, 0.15) is 0 Å². The van der Waals surface area contributed by atoms with Crippen molar-refractivity contribution in [1.29, 1.82) is 0 Å². The third-order valence-electron chi connectivity index (χ3n) is 5.56. The average molecular weight is 441 g/mol. The highest BCUT2D eigenvalue weighted by Crippen LogP contribution is 2.16. The lowest BCUT2D eigenvalue weighted by molar-refractivity contribution is 0.0530. The Kier molecular flexibility index (Phi) is 11.9. The number of unbranched alkanes of at least 4 members (excludes halogenated alkanes) is 5. The van der Waals surface area contributed by atoms with Crippen molar-refractivity contribution >= 4 is 10.0 Å². The minimum atomic E-state index is -3.54. The molecule has 1 heterocycles. The van der Waals surface area contributed by atoms with Crippen molar-refractivity contribution in [2.24, 2.45) is 0 Å². The van der Waals surface area contributed by atoms with E-state index in [1.165, 1.54) is 42.8 Å². The molecule has 0 N–H and O–H groups in total. The fraction of sp³-hybridized carbons (Fsp3) is 0.739. The molecule has 0 radical (unpaired) electrons. The number of aryl methyl sites for hydroxylation is 1. The van der Waals surface area contributed by atoms with Crippen LogP contribution in [0.4, 0.5) is 0 Å². The first-order valence-corrected chi connectivity index (χ1v) is 12.9. The topological polar surface area (TPSA) is 59.1 Å². The number of nitrogens with zero attached hydrogens (tertiary/aromatic N) is 2. The molecule has 6 nitrogen and oxygen atoms in total. The van der Waals surface area contributed by atoms with E-state index in [4.69, 9.17) is 9.47 Å². The molecule has 0 amide bonds. The molecule has 0 saturated carbocycles. The number of benzene rings is 1. The van der Waals surface area contributed by atoms with Gasteiger partial charge in [0.2, 0.25) is 10.0 Å². The lowest BCUT2D eigenvalue weighted by atomic mass is 10.1. The van der Waals surface area contributed by atoms with Crippen molar-refractivity contribution < 1.29 is 17.9 Å². The average Bonchev–Trinajstić information content (AvgIpc) is 2.72. The van der Waals surface area contributed by atoms with Crippen LogP contribution in [0.1, 0.15) is 51.0 Å². The summed E-state index contributed by atoms with van der Waals surface area (Å²) in [6.07, 6.45) is 7.77. The Hall–Kier alpha value is -0.990. The molecule has 1 aromatic rings. The number of sulfonamides is 1. The summed E-state index contributed by atoms with van der Waals surface area (Å²) in [6.45, 7) is 9.72. The maximum atomic E-state index is 13.0. The maximum absolute atomic E-state index is 13.0. The Morgan fingerprint density at radius 1 is 0.800 bits per heavy atom. The summed E-state index contributed by atoms with van der Waals surface area (Å²) < 4.78 is 39.0. The number of hydrogen-bond donors (Lipinski definition) is 0. The van der Waals surface area contributed by atoms with Crippen molar-refractivity contribution in [3.05, 3.63) is 29.8 Å². The molecule has 0 aromatic heterocycles. The van der Waals surface area contributed by atoms with Crippen LogP contribution >= 0.6 is 0 Å². The molecule has 0 aliphatic carbocycles. The van der Waals surface area contributed by atoms with E-state index in [1.807, 2.05) is 19.1 Å². The quantitative estimate of drug-likeness (QED) is 0.548. The van der Waals surface area contributed by atoms with Gasteiger partial charge in [0.25, 0.3) is 0 Å². The van der Waals surface area contributed by atoms with Crippen LogP contribution in [0.25, 0.3) is 0 Å². The van der Waals surface area contributed by atoms with Crippen molar-refractivity contribution in [2.75, 3.05) is 59.2 Å². The first kappa shape index (κ1) is 25.3. The van der Waals surface area contributed by atoms with Gasteiger partial charge in [-0.3, -0.25) is 4.90 Å². The molecule has 1 aromatic carbocycles. The Morgan fingerprint density at radius 3 is 1.93 bits per heavy atom. The summed E-state index contributed by atoms with van der Waals surface area (Å²) >= 11 is 0. The number of rotatable bonds is 9. The van der Waals surface area contributed by atoms with Crippen molar-refractivity contribution in [3.63, 3.8) is 0 Å². The summed E-state index contributed by atoms with van der Waals surface area (Å²) in [6, 6.07) is 6.99. The molecule has 1 aliphatic rings. The molecule has 0 bridgehead atoms. The van der Waals surface area contributed by atoms with Gasteiger partial charge in [0, 0.05) is 26.2 Å². The van der Waals surface area contributed by atoms with Crippen LogP contribution < -0.4 is 0 Å². The van der Waals surface area contributed by atoms with Crippen LogP contribution in [-0.4, -0.2) is 76.8 Å². The second-order valence-electron chi connectivity index (χ2n) is 8.05. The highest BCUT2D eigenvalue weighted by Gasteiger charge is 2.24. The Balaban J connectivity index is 1.80. The number of ether oxygens (including phenoxy) is 2. The van der Waals surface area contributed by atoms with Gasteiger partial charge in [0.15, 0.2) is 0 Å². The molecule has 0 unspecified atom stereocenters. The smallest absolute Gasteiger partial charge is 0.243 e. The molecule has 1 fully saturated rings. The highest BCUT2D eigenvalue weighted by atomic mass is 32.2. The molecule has 2 rings (SSSR count). The summed E-state index contributed by atoms with van der Waals surface area (Å²) in [5.41, 5.74) is 1.04.